The molecule has 3 aromatic rings. The molecule has 0 bridgehead atoms. The fourth-order valence-electron chi connectivity index (χ4n) is 2.50. The average Bonchev–Trinajstić information content (AvgIpc) is 3.02. The van der Waals surface area contributed by atoms with Crippen molar-refractivity contribution >= 4 is 11.6 Å². The lowest BCUT2D eigenvalue weighted by molar-refractivity contribution is -0.117. The van der Waals surface area contributed by atoms with E-state index in [-0.39, 0.29) is 18.1 Å². The molecule has 0 atom stereocenters. The number of rotatable bonds is 5. The van der Waals surface area contributed by atoms with Crippen LogP contribution in [0.1, 0.15) is 11.3 Å². The molecule has 0 saturated carbocycles. The Hall–Kier alpha value is -2.95. The lowest BCUT2D eigenvalue weighted by Gasteiger charge is -2.18. The van der Waals surface area contributed by atoms with Gasteiger partial charge in [0.15, 0.2) is 0 Å². The van der Waals surface area contributed by atoms with Crippen LogP contribution in [0.2, 0.25) is 0 Å². The molecule has 0 saturated heterocycles. The molecule has 24 heavy (non-hydrogen) atoms. The number of hydrogen-bond acceptors (Lipinski definition) is 2. The molecule has 0 unspecified atom stereocenters. The minimum atomic E-state index is -0.319. The van der Waals surface area contributed by atoms with Crippen LogP contribution in [0.15, 0.2) is 67.1 Å². The van der Waals surface area contributed by atoms with Crippen molar-refractivity contribution in [1.29, 1.82) is 0 Å². The number of benzene rings is 2. The van der Waals surface area contributed by atoms with Gasteiger partial charge < -0.3 is 9.47 Å². The lowest BCUT2D eigenvalue weighted by Crippen LogP contribution is -2.28. The van der Waals surface area contributed by atoms with Crippen molar-refractivity contribution in [2.45, 2.75) is 13.0 Å². The second kappa shape index (κ2) is 7.08. The van der Waals surface area contributed by atoms with E-state index in [1.165, 1.54) is 17.0 Å². The third-order valence-corrected chi connectivity index (χ3v) is 3.91. The molecule has 0 aliphatic heterocycles. The Balaban J connectivity index is 1.71. The number of carbonyl (C=O) groups excluding carboxylic acids is 1. The highest BCUT2D eigenvalue weighted by Crippen LogP contribution is 2.15. The predicted octanol–water partition coefficient (Wildman–Crippen LogP) is 3.28. The van der Waals surface area contributed by atoms with Crippen molar-refractivity contribution in [2.75, 3.05) is 11.9 Å². The third-order valence-electron chi connectivity index (χ3n) is 3.91. The van der Waals surface area contributed by atoms with Crippen LogP contribution < -0.4 is 4.90 Å². The molecule has 0 spiro atoms. The molecule has 0 N–H and O–H groups in total. The summed E-state index contributed by atoms with van der Waals surface area (Å²) >= 11 is 0. The highest BCUT2D eigenvalue weighted by Gasteiger charge is 2.14. The molecular formula is C19H18FN3O. The summed E-state index contributed by atoms with van der Waals surface area (Å²) in [7, 11) is 1.69. The molecule has 2 aromatic carbocycles. The third kappa shape index (κ3) is 3.68. The largest absolute Gasteiger partial charge is 0.330 e. The Labute approximate surface area is 140 Å². The number of amides is 1. The summed E-state index contributed by atoms with van der Waals surface area (Å²) in [5.74, 6) is -0.392. The summed E-state index contributed by atoms with van der Waals surface area (Å²) < 4.78 is 15.0. The second-order valence-corrected chi connectivity index (χ2v) is 5.60. The van der Waals surface area contributed by atoms with E-state index in [0.29, 0.717) is 12.2 Å². The zero-order chi connectivity index (χ0) is 16.9. The Morgan fingerprint density at radius 2 is 1.83 bits per heavy atom. The number of imidazole rings is 1. The van der Waals surface area contributed by atoms with Crippen LogP contribution >= 0.6 is 0 Å². The van der Waals surface area contributed by atoms with Gasteiger partial charge in [-0.15, -0.1) is 0 Å². The smallest absolute Gasteiger partial charge is 0.232 e. The minimum Gasteiger partial charge on any atom is -0.330 e. The lowest BCUT2D eigenvalue weighted by atomic mass is 10.2. The fourth-order valence-corrected chi connectivity index (χ4v) is 2.50. The van der Waals surface area contributed by atoms with Crippen LogP contribution in [-0.2, 0) is 17.8 Å². The quantitative estimate of drug-likeness (QED) is 0.723. The number of carbonyl (C=O) groups is 1. The van der Waals surface area contributed by atoms with Crippen LogP contribution in [0.3, 0.4) is 0 Å². The van der Waals surface area contributed by atoms with Gasteiger partial charge in [0.2, 0.25) is 5.91 Å². The molecule has 3 rings (SSSR count). The van der Waals surface area contributed by atoms with Gasteiger partial charge in [-0.1, -0.05) is 30.3 Å². The number of likely N-dealkylation sites (N-methyl/N-ethyl adjacent to an activating group) is 1. The molecule has 4 nitrogen and oxygen atoms in total. The van der Waals surface area contributed by atoms with Crippen LogP contribution in [0.4, 0.5) is 10.1 Å². The molecule has 0 radical (unpaired) electrons. The summed E-state index contributed by atoms with van der Waals surface area (Å²) in [6.45, 7) is 0.670. The van der Waals surface area contributed by atoms with Crippen molar-refractivity contribution in [3.63, 3.8) is 0 Å². The molecule has 1 amide bonds. The van der Waals surface area contributed by atoms with Gasteiger partial charge in [0.05, 0.1) is 12.7 Å². The molecule has 0 aliphatic rings. The van der Waals surface area contributed by atoms with Crippen molar-refractivity contribution < 1.29 is 9.18 Å². The minimum absolute atomic E-state index is 0.0728. The Morgan fingerprint density at radius 3 is 2.54 bits per heavy atom. The van der Waals surface area contributed by atoms with E-state index in [2.05, 4.69) is 4.98 Å². The summed E-state index contributed by atoms with van der Waals surface area (Å²) in [5.41, 5.74) is 2.66. The van der Waals surface area contributed by atoms with Gasteiger partial charge in [-0.05, 0) is 29.8 Å². The molecule has 122 valence electrons. The molecule has 1 heterocycles. The van der Waals surface area contributed by atoms with E-state index in [1.807, 2.05) is 34.9 Å². The number of hydrogen-bond donors (Lipinski definition) is 0. The first-order valence-corrected chi connectivity index (χ1v) is 7.68. The zero-order valence-electron chi connectivity index (χ0n) is 13.4. The van der Waals surface area contributed by atoms with E-state index >= 15 is 0 Å². The van der Waals surface area contributed by atoms with Gasteiger partial charge in [0.25, 0.3) is 0 Å². The number of nitrogens with zero attached hydrogens (tertiary/aromatic N) is 3. The van der Waals surface area contributed by atoms with Gasteiger partial charge >= 0.3 is 0 Å². The number of aromatic nitrogens is 2. The topological polar surface area (TPSA) is 38.1 Å². The first kappa shape index (κ1) is 15.9. The van der Waals surface area contributed by atoms with E-state index in [1.54, 1.807) is 31.7 Å². The molecule has 0 fully saturated rings. The van der Waals surface area contributed by atoms with E-state index < -0.39 is 0 Å². The molecule has 1 aromatic heterocycles. The van der Waals surface area contributed by atoms with E-state index in [4.69, 9.17) is 0 Å². The summed E-state index contributed by atoms with van der Waals surface area (Å²) in [4.78, 5) is 18.2. The summed E-state index contributed by atoms with van der Waals surface area (Å²) in [6, 6.07) is 15.9. The summed E-state index contributed by atoms with van der Waals surface area (Å²) in [6.07, 6.45) is 3.67. The summed E-state index contributed by atoms with van der Waals surface area (Å²) in [5, 5.41) is 0. The maximum Gasteiger partial charge on any atom is 0.232 e. The first-order chi connectivity index (χ1) is 11.6. The van der Waals surface area contributed by atoms with Crippen LogP contribution in [0.25, 0.3) is 0 Å². The van der Waals surface area contributed by atoms with Gasteiger partial charge in [-0.2, -0.15) is 0 Å². The standard InChI is InChI=1S/C19H18FN3O/c1-22(17-9-7-16(20)8-10-17)19(24)11-18-12-21-14-23(18)13-15-5-3-2-4-6-15/h2-10,12,14H,11,13H2,1H3. The van der Waals surface area contributed by atoms with Gasteiger partial charge in [-0.3, -0.25) is 4.79 Å². The van der Waals surface area contributed by atoms with Crippen LogP contribution in [-0.4, -0.2) is 22.5 Å². The first-order valence-electron chi connectivity index (χ1n) is 7.68. The second-order valence-electron chi connectivity index (χ2n) is 5.60. The van der Waals surface area contributed by atoms with Crippen molar-refractivity contribution in [3.8, 4) is 0 Å². The Morgan fingerprint density at radius 1 is 1.12 bits per heavy atom. The normalized spacial score (nSPS) is 10.6. The van der Waals surface area contributed by atoms with E-state index in [0.717, 1.165) is 11.3 Å². The molecule has 5 heteroatoms. The van der Waals surface area contributed by atoms with Gasteiger partial charge in [0, 0.05) is 31.2 Å². The van der Waals surface area contributed by atoms with Gasteiger partial charge in [0.1, 0.15) is 5.82 Å². The van der Waals surface area contributed by atoms with Crippen LogP contribution in [0.5, 0.6) is 0 Å². The average molecular weight is 323 g/mol. The fraction of sp³-hybridized carbons (Fsp3) is 0.158. The highest BCUT2D eigenvalue weighted by atomic mass is 19.1. The zero-order valence-corrected chi connectivity index (χ0v) is 13.4. The van der Waals surface area contributed by atoms with Crippen molar-refractivity contribution in [2.24, 2.45) is 0 Å². The van der Waals surface area contributed by atoms with E-state index in [9.17, 15) is 9.18 Å². The highest BCUT2D eigenvalue weighted by molar-refractivity contribution is 5.93. The molecular weight excluding hydrogens is 305 g/mol. The molecule has 0 aliphatic carbocycles. The van der Waals surface area contributed by atoms with Crippen molar-refractivity contribution in [3.05, 3.63) is 84.2 Å². The maximum atomic E-state index is 13.0. The van der Waals surface area contributed by atoms with Crippen LogP contribution in [0, 0.1) is 5.82 Å². The van der Waals surface area contributed by atoms with Gasteiger partial charge in [-0.25, -0.2) is 9.37 Å². The predicted molar refractivity (Wildman–Crippen MR) is 91.3 cm³/mol. The number of anilines is 1. The SMILES string of the molecule is CN(C(=O)Cc1cncn1Cc1ccccc1)c1ccc(F)cc1. The Bertz CT molecular complexity index is 812. The van der Waals surface area contributed by atoms with Crippen molar-refractivity contribution in [1.82, 2.24) is 9.55 Å². The Kier molecular flexibility index (Phi) is 4.70. The maximum absolute atomic E-state index is 13.0. The number of halogens is 1. The monoisotopic (exact) mass is 323 g/mol.